The van der Waals surface area contributed by atoms with Gasteiger partial charge in [-0.3, -0.25) is 19.3 Å². The van der Waals surface area contributed by atoms with Gasteiger partial charge < -0.3 is 14.8 Å². The van der Waals surface area contributed by atoms with Crippen LogP contribution in [-0.2, 0) is 11.3 Å². The van der Waals surface area contributed by atoms with Crippen molar-refractivity contribution in [2.75, 3.05) is 6.79 Å². The lowest BCUT2D eigenvalue weighted by Crippen LogP contribution is -2.50. The Kier molecular flexibility index (Phi) is 4.96. The van der Waals surface area contributed by atoms with Crippen molar-refractivity contribution in [3.8, 4) is 11.5 Å². The number of rotatable bonds is 6. The highest BCUT2D eigenvalue weighted by atomic mass is 16.7. The van der Waals surface area contributed by atoms with Crippen LogP contribution >= 0.6 is 0 Å². The number of nitrogens with zero attached hydrogens (tertiary/aromatic N) is 1. The summed E-state index contributed by atoms with van der Waals surface area (Å²) < 4.78 is 10.7. The molecule has 0 saturated heterocycles. The standard InChI is InChI=1S/C22H22N2O5/c1-13(2)9-17(24-21(26)15-5-3-4-6-16(15)22(24)27)20(25)23-11-14-7-8-18-19(10-14)29-12-28-18/h3-8,10,13,17H,9,11-12H2,1-2H3,(H,23,25). The van der Waals surface area contributed by atoms with E-state index in [1.807, 2.05) is 26.0 Å². The summed E-state index contributed by atoms with van der Waals surface area (Å²) in [5.41, 5.74) is 1.53. The molecule has 2 aromatic rings. The van der Waals surface area contributed by atoms with Crippen LogP contribution in [-0.4, -0.2) is 35.5 Å². The van der Waals surface area contributed by atoms with E-state index in [-0.39, 0.29) is 25.2 Å². The normalized spacial score (nSPS) is 15.6. The zero-order valence-electron chi connectivity index (χ0n) is 16.3. The highest BCUT2D eigenvalue weighted by Crippen LogP contribution is 2.32. The molecule has 0 aliphatic carbocycles. The van der Waals surface area contributed by atoms with Crippen LogP contribution in [0.4, 0.5) is 0 Å². The lowest BCUT2D eigenvalue weighted by Gasteiger charge is -2.26. The number of ether oxygens (including phenoxy) is 2. The molecule has 0 spiro atoms. The zero-order valence-corrected chi connectivity index (χ0v) is 16.3. The molecule has 0 aromatic heterocycles. The monoisotopic (exact) mass is 394 g/mol. The van der Waals surface area contributed by atoms with Gasteiger partial charge in [-0.15, -0.1) is 0 Å². The first-order chi connectivity index (χ1) is 14.0. The van der Waals surface area contributed by atoms with Crippen LogP contribution in [0.15, 0.2) is 42.5 Å². The first kappa shape index (κ1) is 19.0. The number of nitrogens with one attached hydrogen (secondary N) is 1. The van der Waals surface area contributed by atoms with Gasteiger partial charge in [0.05, 0.1) is 11.1 Å². The second kappa shape index (κ2) is 7.58. The summed E-state index contributed by atoms with van der Waals surface area (Å²) in [6.45, 7) is 4.35. The average molecular weight is 394 g/mol. The van der Waals surface area contributed by atoms with Crippen LogP contribution in [0.3, 0.4) is 0 Å². The van der Waals surface area contributed by atoms with E-state index in [1.54, 1.807) is 30.3 Å². The number of fused-ring (bicyclic) bond motifs is 2. The molecule has 0 bridgehead atoms. The second-order valence-electron chi connectivity index (χ2n) is 7.58. The fraction of sp³-hybridized carbons (Fsp3) is 0.318. The molecule has 2 aliphatic rings. The molecule has 150 valence electrons. The molecular weight excluding hydrogens is 372 g/mol. The first-order valence-electron chi connectivity index (χ1n) is 9.59. The minimum atomic E-state index is -0.864. The fourth-order valence-electron chi connectivity index (χ4n) is 3.63. The minimum Gasteiger partial charge on any atom is -0.454 e. The minimum absolute atomic E-state index is 0.126. The predicted molar refractivity (Wildman–Crippen MR) is 105 cm³/mol. The molecule has 2 heterocycles. The van der Waals surface area contributed by atoms with Gasteiger partial charge in [0.1, 0.15) is 6.04 Å². The van der Waals surface area contributed by atoms with Crippen molar-refractivity contribution in [1.82, 2.24) is 10.2 Å². The highest BCUT2D eigenvalue weighted by molar-refractivity contribution is 6.22. The SMILES string of the molecule is CC(C)CC(C(=O)NCc1ccc2c(c1)OCO2)N1C(=O)c2ccccc2C1=O. The second-order valence-corrected chi connectivity index (χ2v) is 7.58. The van der Waals surface area contributed by atoms with Crippen molar-refractivity contribution in [2.45, 2.75) is 32.9 Å². The third-order valence-corrected chi connectivity index (χ3v) is 5.04. The molecule has 0 fully saturated rings. The Morgan fingerprint density at radius 1 is 1.03 bits per heavy atom. The number of carbonyl (C=O) groups is 3. The molecule has 1 atom stereocenters. The summed E-state index contributed by atoms with van der Waals surface area (Å²) in [6.07, 6.45) is 0.387. The summed E-state index contributed by atoms with van der Waals surface area (Å²) in [4.78, 5) is 39.8. The van der Waals surface area contributed by atoms with E-state index in [0.29, 0.717) is 29.0 Å². The van der Waals surface area contributed by atoms with E-state index in [9.17, 15) is 14.4 Å². The largest absolute Gasteiger partial charge is 0.454 e. The molecule has 2 aromatic carbocycles. The van der Waals surface area contributed by atoms with Crippen LogP contribution in [0.1, 0.15) is 46.5 Å². The van der Waals surface area contributed by atoms with Gasteiger partial charge in [0.2, 0.25) is 12.7 Å². The van der Waals surface area contributed by atoms with Crippen LogP contribution in [0.25, 0.3) is 0 Å². The lowest BCUT2D eigenvalue weighted by molar-refractivity contribution is -0.125. The third kappa shape index (κ3) is 3.55. The smallest absolute Gasteiger partial charge is 0.262 e. The van der Waals surface area contributed by atoms with Crippen molar-refractivity contribution in [1.29, 1.82) is 0 Å². The van der Waals surface area contributed by atoms with Crippen LogP contribution in [0, 0.1) is 5.92 Å². The Bertz CT molecular complexity index is 950. The molecule has 0 saturated carbocycles. The van der Waals surface area contributed by atoms with Gasteiger partial charge in [-0.05, 0) is 42.2 Å². The van der Waals surface area contributed by atoms with Crippen molar-refractivity contribution >= 4 is 17.7 Å². The van der Waals surface area contributed by atoms with Crippen molar-refractivity contribution < 1.29 is 23.9 Å². The van der Waals surface area contributed by atoms with E-state index >= 15 is 0 Å². The van der Waals surface area contributed by atoms with Gasteiger partial charge in [-0.25, -0.2) is 0 Å². The van der Waals surface area contributed by atoms with E-state index in [4.69, 9.17) is 9.47 Å². The third-order valence-electron chi connectivity index (χ3n) is 5.04. The van der Waals surface area contributed by atoms with Gasteiger partial charge in [0, 0.05) is 6.54 Å². The number of hydrogen-bond donors (Lipinski definition) is 1. The number of carbonyl (C=O) groups excluding carboxylic acids is 3. The Balaban J connectivity index is 1.52. The topological polar surface area (TPSA) is 84.9 Å². The molecule has 2 aliphatic heterocycles. The molecule has 0 radical (unpaired) electrons. The molecule has 1 N–H and O–H groups in total. The molecule has 1 unspecified atom stereocenters. The Morgan fingerprint density at radius 2 is 1.69 bits per heavy atom. The fourth-order valence-corrected chi connectivity index (χ4v) is 3.63. The zero-order chi connectivity index (χ0) is 20.5. The van der Waals surface area contributed by atoms with Crippen molar-refractivity contribution in [3.05, 3.63) is 59.2 Å². The predicted octanol–water partition coefficient (Wildman–Crippen LogP) is 2.74. The van der Waals surface area contributed by atoms with E-state index in [0.717, 1.165) is 10.5 Å². The van der Waals surface area contributed by atoms with Gasteiger partial charge in [-0.2, -0.15) is 0 Å². The molecule has 4 rings (SSSR count). The molecule has 3 amide bonds. The lowest BCUT2D eigenvalue weighted by atomic mass is 10.0. The van der Waals surface area contributed by atoms with Crippen molar-refractivity contribution in [3.63, 3.8) is 0 Å². The van der Waals surface area contributed by atoms with Crippen molar-refractivity contribution in [2.24, 2.45) is 5.92 Å². The maximum Gasteiger partial charge on any atom is 0.262 e. The molecule has 29 heavy (non-hydrogen) atoms. The molecule has 7 heteroatoms. The maximum absolute atomic E-state index is 13.0. The van der Waals surface area contributed by atoms with E-state index < -0.39 is 17.9 Å². The summed E-state index contributed by atoms with van der Waals surface area (Å²) in [6, 6.07) is 11.2. The number of benzene rings is 2. The number of amides is 3. The Hall–Kier alpha value is -3.35. The van der Waals surface area contributed by atoms with Gasteiger partial charge in [0.25, 0.3) is 11.8 Å². The first-order valence-corrected chi connectivity index (χ1v) is 9.59. The highest BCUT2D eigenvalue weighted by Gasteiger charge is 2.42. The summed E-state index contributed by atoms with van der Waals surface area (Å²) in [5, 5.41) is 2.86. The van der Waals surface area contributed by atoms with Gasteiger partial charge >= 0.3 is 0 Å². The summed E-state index contributed by atoms with van der Waals surface area (Å²) in [5.74, 6) is 0.232. The van der Waals surface area contributed by atoms with Gasteiger partial charge in [0.15, 0.2) is 11.5 Å². The molecule has 7 nitrogen and oxygen atoms in total. The Labute approximate surface area is 168 Å². The van der Waals surface area contributed by atoms with Crippen LogP contribution in [0.5, 0.6) is 11.5 Å². The number of hydrogen-bond acceptors (Lipinski definition) is 5. The number of imide groups is 1. The maximum atomic E-state index is 13.0. The van der Waals surface area contributed by atoms with Crippen LogP contribution in [0.2, 0.25) is 0 Å². The van der Waals surface area contributed by atoms with E-state index in [2.05, 4.69) is 5.32 Å². The van der Waals surface area contributed by atoms with E-state index in [1.165, 1.54) is 0 Å². The van der Waals surface area contributed by atoms with Crippen LogP contribution < -0.4 is 14.8 Å². The van der Waals surface area contributed by atoms with Gasteiger partial charge in [-0.1, -0.05) is 32.0 Å². The average Bonchev–Trinajstić information content (AvgIpc) is 3.27. The Morgan fingerprint density at radius 3 is 2.34 bits per heavy atom. The summed E-state index contributed by atoms with van der Waals surface area (Å²) in [7, 11) is 0. The quantitative estimate of drug-likeness (QED) is 0.762. The summed E-state index contributed by atoms with van der Waals surface area (Å²) >= 11 is 0. The molecular formula is C22H22N2O5.